The second-order valence-electron chi connectivity index (χ2n) is 6.37. The molecule has 1 amide bonds. The Balaban J connectivity index is 2.41. The molecule has 2 heterocycles. The van der Waals surface area contributed by atoms with Crippen molar-refractivity contribution in [1.82, 2.24) is 5.32 Å². The lowest BCUT2D eigenvalue weighted by Gasteiger charge is -2.45. The molecule has 0 radical (unpaired) electrons. The summed E-state index contributed by atoms with van der Waals surface area (Å²) in [6, 6.07) is -1.59. The molecule has 0 bridgehead atoms. The first kappa shape index (κ1) is 24.4. The van der Waals surface area contributed by atoms with Crippen molar-refractivity contribution < 1.29 is 66.5 Å². The molecule has 1 fully saturated rings. The molecule has 15 nitrogen and oxygen atoms in total. The van der Waals surface area contributed by atoms with Crippen LogP contribution >= 0.6 is 0 Å². The van der Waals surface area contributed by atoms with Crippen molar-refractivity contribution in [3.8, 4) is 0 Å². The predicted molar refractivity (Wildman–Crippen MR) is 89.5 cm³/mol. The number of aliphatic hydroxyl groups is 4. The van der Waals surface area contributed by atoms with Gasteiger partial charge in [0.2, 0.25) is 18.0 Å². The van der Waals surface area contributed by atoms with Crippen molar-refractivity contribution in [3.63, 3.8) is 0 Å². The Kier molecular flexibility index (Phi) is 7.72. The Bertz CT molecular complexity index is 784. The predicted octanol–water partition coefficient (Wildman–Crippen LogP) is -4.18. The van der Waals surface area contributed by atoms with Gasteiger partial charge in [0.15, 0.2) is 6.29 Å². The SMILES string of the molecule is CC(=O)N[C@H]1C(O[C@@H]2OC(C(=O)O)=CC(O)[C@@H]2O)[C@@H](OS(=O)(=O)O)C(CO)O[C@H]1O. The first-order valence-electron chi connectivity index (χ1n) is 8.34. The topological polar surface area (TPSA) is 239 Å². The smallest absolute Gasteiger partial charge is 0.397 e. The second kappa shape index (κ2) is 9.50. The number of rotatable bonds is 7. The maximum Gasteiger partial charge on any atom is 0.397 e. The Morgan fingerprint density at radius 3 is 2.37 bits per heavy atom. The second-order valence-corrected chi connectivity index (χ2v) is 7.41. The Morgan fingerprint density at radius 1 is 1.23 bits per heavy atom. The van der Waals surface area contributed by atoms with Gasteiger partial charge in [0.25, 0.3) is 0 Å². The van der Waals surface area contributed by atoms with Crippen LogP contribution in [0.25, 0.3) is 0 Å². The van der Waals surface area contributed by atoms with Gasteiger partial charge < -0.3 is 45.1 Å². The summed E-state index contributed by atoms with van der Waals surface area (Å²) < 4.78 is 51.3. The average Bonchev–Trinajstić information content (AvgIpc) is 2.61. The number of aliphatic carboxylic acids is 1. The molecule has 0 aromatic carbocycles. The maximum absolute atomic E-state index is 11.5. The largest absolute Gasteiger partial charge is 0.475 e. The van der Waals surface area contributed by atoms with Crippen LogP contribution in [0.3, 0.4) is 0 Å². The number of amides is 1. The van der Waals surface area contributed by atoms with Crippen molar-refractivity contribution >= 4 is 22.3 Å². The highest BCUT2D eigenvalue weighted by Crippen LogP contribution is 2.30. The van der Waals surface area contributed by atoms with Crippen LogP contribution in [0, 0.1) is 0 Å². The lowest BCUT2D eigenvalue weighted by Crippen LogP contribution is -2.67. The number of carbonyl (C=O) groups excluding carboxylic acids is 1. The maximum atomic E-state index is 11.5. The van der Waals surface area contributed by atoms with Crippen LogP contribution in [0.4, 0.5) is 0 Å². The first-order valence-corrected chi connectivity index (χ1v) is 9.71. The van der Waals surface area contributed by atoms with Crippen LogP contribution in [0.5, 0.6) is 0 Å². The van der Waals surface area contributed by atoms with Gasteiger partial charge in [-0.15, -0.1) is 0 Å². The standard InChI is InChI=1S/C14H21NO14S/c1-4(17)15-8-11(10(29-30(23,24)25)7(3-16)26-13(8)22)28-14-9(19)5(18)2-6(27-14)12(20)21/h2,5,7-11,13-14,16,18-19,22H,3H2,1H3,(H,15,17)(H,20,21)(H,23,24,25)/t5?,7?,8-,9-,10-,11?,13+,14-/m0/s1. The van der Waals surface area contributed by atoms with Gasteiger partial charge in [-0.3, -0.25) is 9.35 Å². The van der Waals surface area contributed by atoms with E-state index in [1.807, 2.05) is 0 Å². The zero-order valence-electron chi connectivity index (χ0n) is 15.3. The average molecular weight is 459 g/mol. The van der Waals surface area contributed by atoms with E-state index in [4.69, 9.17) is 23.9 Å². The van der Waals surface area contributed by atoms with Crippen molar-refractivity contribution in [2.45, 2.75) is 56.1 Å². The lowest BCUT2D eigenvalue weighted by molar-refractivity contribution is -0.298. The number of aliphatic hydroxyl groups excluding tert-OH is 4. The molecule has 0 spiro atoms. The zero-order chi connectivity index (χ0) is 22.8. The van der Waals surface area contributed by atoms with Gasteiger partial charge in [-0.2, -0.15) is 8.42 Å². The van der Waals surface area contributed by atoms with Crippen LogP contribution in [0.2, 0.25) is 0 Å². The summed E-state index contributed by atoms with van der Waals surface area (Å²) >= 11 is 0. The number of nitrogens with one attached hydrogen (secondary N) is 1. The number of hydrogen-bond acceptors (Lipinski definition) is 12. The summed E-state index contributed by atoms with van der Waals surface area (Å²) in [7, 11) is -5.18. The Hall–Kier alpha value is -1.89. The van der Waals surface area contributed by atoms with Crippen LogP contribution in [0.1, 0.15) is 6.92 Å². The molecule has 3 unspecified atom stereocenters. The first-order chi connectivity index (χ1) is 13.8. The van der Waals surface area contributed by atoms with E-state index in [9.17, 15) is 38.4 Å². The third-order valence-electron chi connectivity index (χ3n) is 4.14. The van der Waals surface area contributed by atoms with Crippen molar-refractivity contribution in [2.75, 3.05) is 6.61 Å². The van der Waals surface area contributed by atoms with E-state index in [0.29, 0.717) is 6.08 Å². The van der Waals surface area contributed by atoms with E-state index in [1.165, 1.54) is 0 Å². The fraction of sp³-hybridized carbons (Fsp3) is 0.714. The molecule has 2 aliphatic heterocycles. The molecule has 2 aliphatic rings. The summed E-state index contributed by atoms with van der Waals surface area (Å²) in [5.41, 5.74) is 0. The van der Waals surface area contributed by atoms with Crippen molar-refractivity contribution in [2.24, 2.45) is 0 Å². The highest BCUT2D eigenvalue weighted by Gasteiger charge is 2.51. The number of carboxylic acid groups (broad SMARTS) is 1. The summed E-state index contributed by atoms with van der Waals surface area (Å²) in [5.74, 6) is -3.19. The van der Waals surface area contributed by atoms with Gasteiger partial charge in [0.05, 0.1) is 6.61 Å². The zero-order valence-corrected chi connectivity index (χ0v) is 16.1. The molecule has 0 aliphatic carbocycles. The summed E-state index contributed by atoms with van der Waals surface area (Å²) in [5, 5.41) is 50.7. The van der Waals surface area contributed by atoms with Gasteiger partial charge in [-0.25, -0.2) is 8.98 Å². The minimum absolute atomic E-state index is 0.680. The number of carbonyl (C=O) groups is 2. The normalized spacial score (nSPS) is 37.1. The van der Waals surface area contributed by atoms with Gasteiger partial charge in [-0.1, -0.05) is 0 Å². The van der Waals surface area contributed by atoms with E-state index in [1.54, 1.807) is 0 Å². The fourth-order valence-corrected chi connectivity index (χ4v) is 3.42. The van der Waals surface area contributed by atoms with E-state index >= 15 is 0 Å². The third-order valence-corrected chi connectivity index (χ3v) is 4.61. The van der Waals surface area contributed by atoms with Crippen LogP contribution in [0.15, 0.2) is 11.8 Å². The number of hydrogen-bond donors (Lipinski definition) is 7. The molecule has 0 aromatic heterocycles. The van der Waals surface area contributed by atoms with Gasteiger partial charge in [0.1, 0.15) is 36.6 Å². The molecule has 172 valence electrons. The van der Waals surface area contributed by atoms with Gasteiger partial charge in [-0.05, 0) is 6.08 Å². The van der Waals surface area contributed by atoms with Crippen LogP contribution < -0.4 is 5.32 Å². The molecule has 1 saturated heterocycles. The van der Waals surface area contributed by atoms with E-state index in [0.717, 1.165) is 6.92 Å². The highest BCUT2D eigenvalue weighted by atomic mass is 32.3. The third kappa shape index (κ3) is 5.84. The van der Waals surface area contributed by atoms with Crippen LogP contribution in [-0.2, 0) is 38.4 Å². The molecule has 16 heteroatoms. The van der Waals surface area contributed by atoms with Gasteiger partial charge >= 0.3 is 16.4 Å². The molecule has 30 heavy (non-hydrogen) atoms. The molecular weight excluding hydrogens is 438 g/mol. The van der Waals surface area contributed by atoms with Gasteiger partial charge in [0, 0.05) is 6.92 Å². The molecular formula is C14H21NO14S. The molecule has 7 N–H and O–H groups in total. The monoisotopic (exact) mass is 459 g/mol. The summed E-state index contributed by atoms with van der Waals surface area (Å²) in [4.78, 5) is 22.6. The summed E-state index contributed by atoms with van der Waals surface area (Å²) in [6.45, 7) is 0.0857. The lowest BCUT2D eigenvalue weighted by atomic mass is 9.96. The molecule has 2 rings (SSSR count). The quantitative estimate of drug-likeness (QED) is 0.179. The van der Waals surface area contributed by atoms with Crippen molar-refractivity contribution in [3.05, 3.63) is 11.8 Å². The number of carboxylic acids is 1. The van der Waals surface area contributed by atoms with Crippen molar-refractivity contribution in [1.29, 1.82) is 0 Å². The van der Waals surface area contributed by atoms with Crippen LogP contribution in [-0.4, -0.2) is 106 Å². The van der Waals surface area contributed by atoms with E-state index < -0.39 is 83.8 Å². The molecule has 0 saturated carbocycles. The minimum atomic E-state index is -5.18. The highest BCUT2D eigenvalue weighted by molar-refractivity contribution is 7.80. The van der Waals surface area contributed by atoms with E-state index in [2.05, 4.69) is 9.50 Å². The summed E-state index contributed by atoms with van der Waals surface area (Å²) in [6.07, 6.45) is -12.1. The molecule has 0 aromatic rings. The number of ether oxygens (including phenoxy) is 3. The minimum Gasteiger partial charge on any atom is -0.475 e. The Labute approximate surface area is 169 Å². The fourth-order valence-electron chi connectivity index (χ4n) is 2.91. The Morgan fingerprint density at radius 2 is 1.87 bits per heavy atom. The van der Waals surface area contributed by atoms with E-state index in [-0.39, 0.29) is 0 Å². The molecule has 8 atom stereocenters.